The van der Waals surface area contributed by atoms with Crippen LogP contribution in [0.3, 0.4) is 0 Å². The summed E-state index contributed by atoms with van der Waals surface area (Å²) in [6.45, 7) is 13.9. The Morgan fingerprint density at radius 2 is 1.57 bits per heavy atom. The van der Waals surface area contributed by atoms with Crippen molar-refractivity contribution in [2.24, 2.45) is 11.0 Å². The van der Waals surface area contributed by atoms with Crippen molar-refractivity contribution in [3.63, 3.8) is 0 Å². The minimum Gasteiger partial charge on any atom is -0.600 e. The maximum absolute atomic E-state index is 11.6. The van der Waals surface area contributed by atoms with Gasteiger partial charge in [-0.1, -0.05) is 18.7 Å². The number of hydrogen-bond donors (Lipinski definition) is 0. The van der Waals surface area contributed by atoms with Crippen molar-refractivity contribution in [3.8, 4) is 0 Å². The van der Waals surface area contributed by atoms with Crippen molar-refractivity contribution in [2.75, 3.05) is 0 Å². The van der Waals surface area contributed by atoms with Crippen LogP contribution in [0.2, 0.25) is 0 Å². The van der Waals surface area contributed by atoms with Crippen LogP contribution < -0.4 is 0 Å². The summed E-state index contributed by atoms with van der Waals surface area (Å²) in [5, 5.41) is 15.8. The Morgan fingerprint density at radius 1 is 1.14 bits per heavy atom. The molecule has 84 valence electrons. The summed E-state index contributed by atoms with van der Waals surface area (Å²) in [7, 11) is 0. The third-order valence-corrected chi connectivity index (χ3v) is 1.84. The second-order valence-corrected chi connectivity index (χ2v) is 5.95. The molecule has 0 aliphatic carbocycles. The van der Waals surface area contributed by atoms with E-state index in [4.69, 9.17) is 0 Å². The van der Waals surface area contributed by atoms with Crippen molar-refractivity contribution >= 4 is 0 Å². The van der Waals surface area contributed by atoms with Crippen molar-refractivity contribution in [3.05, 3.63) is 5.21 Å². The second kappa shape index (κ2) is 4.28. The molecule has 3 heteroatoms. The van der Waals surface area contributed by atoms with Crippen LogP contribution >= 0.6 is 0 Å². The monoisotopic (exact) mass is 200 g/mol. The zero-order valence-corrected chi connectivity index (χ0v) is 10.6. The summed E-state index contributed by atoms with van der Waals surface area (Å²) in [5.74, 6) is 0.558. The molecule has 0 heterocycles. The van der Waals surface area contributed by atoms with Crippen LogP contribution in [0.25, 0.3) is 0 Å². The zero-order valence-electron chi connectivity index (χ0n) is 10.6. The van der Waals surface area contributed by atoms with Gasteiger partial charge in [0.2, 0.25) is 0 Å². The highest BCUT2D eigenvalue weighted by molar-refractivity contribution is 4.75. The summed E-state index contributed by atoms with van der Waals surface area (Å²) in [6, 6.07) is 0. The summed E-state index contributed by atoms with van der Waals surface area (Å²) < 4.78 is 0. The van der Waals surface area contributed by atoms with Crippen molar-refractivity contribution in [1.29, 1.82) is 0 Å². The van der Waals surface area contributed by atoms with Gasteiger partial charge in [0.25, 0.3) is 0 Å². The van der Waals surface area contributed by atoms with Crippen molar-refractivity contribution in [1.82, 2.24) is 0 Å². The third-order valence-electron chi connectivity index (χ3n) is 1.84. The molecule has 0 aromatic rings. The molecule has 0 aromatic heterocycles. The molecule has 0 N–H and O–H groups in total. The molecule has 0 saturated carbocycles. The molecule has 14 heavy (non-hydrogen) atoms. The first-order valence-corrected chi connectivity index (χ1v) is 5.25. The van der Waals surface area contributed by atoms with Crippen LogP contribution in [0.1, 0.15) is 54.9 Å². The van der Waals surface area contributed by atoms with E-state index in [1.807, 2.05) is 34.6 Å². The highest BCUT2D eigenvalue weighted by Crippen LogP contribution is 2.22. The quantitative estimate of drug-likeness (QED) is 0.390. The molecule has 0 aliphatic rings. The van der Waals surface area contributed by atoms with Crippen LogP contribution in [-0.4, -0.2) is 15.9 Å². The van der Waals surface area contributed by atoms with E-state index in [-0.39, 0.29) is 5.54 Å². The van der Waals surface area contributed by atoms with E-state index in [2.05, 4.69) is 19.0 Å². The van der Waals surface area contributed by atoms with Crippen LogP contribution in [0.15, 0.2) is 5.11 Å². The first-order chi connectivity index (χ1) is 6.04. The van der Waals surface area contributed by atoms with Crippen LogP contribution in [0, 0.1) is 11.1 Å². The van der Waals surface area contributed by atoms with E-state index in [9.17, 15) is 5.21 Å². The van der Waals surface area contributed by atoms with Gasteiger partial charge >= 0.3 is 0 Å². The Labute approximate surface area is 87.8 Å². The molecule has 0 aromatic carbocycles. The van der Waals surface area contributed by atoms with E-state index in [1.54, 1.807) is 0 Å². The predicted molar refractivity (Wildman–Crippen MR) is 59.3 cm³/mol. The molecule has 0 unspecified atom stereocenters. The van der Waals surface area contributed by atoms with E-state index in [0.717, 1.165) is 11.3 Å². The predicted octanol–water partition coefficient (Wildman–Crippen LogP) is 3.57. The van der Waals surface area contributed by atoms with Gasteiger partial charge in [-0.05, 0) is 31.3 Å². The third kappa shape index (κ3) is 5.20. The van der Waals surface area contributed by atoms with Crippen LogP contribution in [0.4, 0.5) is 0 Å². The van der Waals surface area contributed by atoms with Crippen LogP contribution in [-0.2, 0) is 0 Å². The molecule has 0 spiro atoms. The molecule has 0 aliphatic heterocycles. The molecule has 0 rings (SSSR count). The molecule has 0 saturated heterocycles. The Morgan fingerprint density at radius 3 is 1.86 bits per heavy atom. The minimum atomic E-state index is -0.436. The SMILES string of the molecule is CC(C)CC(C)(C)N=[N+]([O-])C(C)(C)C. The second-order valence-electron chi connectivity index (χ2n) is 5.95. The summed E-state index contributed by atoms with van der Waals surface area (Å²) >= 11 is 0. The highest BCUT2D eigenvalue weighted by Gasteiger charge is 2.27. The topological polar surface area (TPSA) is 38.4 Å². The van der Waals surface area contributed by atoms with Gasteiger partial charge in [0.05, 0.1) is 0 Å². The molecule has 0 atom stereocenters. The van der Waals surface area contributed by atoms with Crippen LogP contribution in [0.5, 0.6) is 0 Å². The molecule has 3 nitrogen and oxygen atoms in total. The first-order valence-electron chi connectivity index (χ1n) is 5.25. The lowest BCUT2D eigenvalue weighted by molar-refractivity contribution is -0.604. The van der Waals surface area contributed by atoms with Gasteiger partial charge in [-0.3, -0.25) is 0 Å². The lowest BCUT2D eigenvalue weighted by atomic mass is 9.94. The Hall–Kier alpha value is -0.600. The lowest BCUT2D eigenvalue weighted by Crippen LogP contribution is -2.32. The van der Waals surface area contributed by atoms with Gasteiger partial charge in [-0.25, -0.2) is 0 Å². The molecule has 0 amide bonds. The first kappa shape index (κ1) is 13.4. The molecule has 0 bridgehead atoms. The Bertz CT molecular complexity index is 212. The Balaban J connectivity index is 4.62. The van der Waals surface area contributed by atoms with E-state index < -0.39 is 5.54 Å². The summed E-state index contributed by atoms with van der Waals surface area (Å²) in [6.07, 6.45) is 0.932. The Kier molecular flexibility index (Phi) is 4.10. The molecular weight excluding hydrogens is 176 g/mol. The zero-order chi connectivity index (χ0) is 11.6. The van der Waals surface area contributed by atoms with Crippen molar-refractivity contribution in [2.45, 2.75) is 66.0 Å². The average Bonchev–Trinajstić information content (AvgIpc) is 1.79. The number of nitrogens with zero attached hydrogens (tertiary/aromatic N) is 2. The van der Waals surface area contributed by atoms with Crippen molar-refractivity contribution < 1.29 is 4.86 Å². The van der Waals surface area contributed by atoms with Gasteiger partial charge in [0.1, 0.15) is 5.54 Å². The number of hydroxylamine groups is 1. The molecule has 0 radical (unpaired) electrons. The van der Waals surface area contributed by atoms with Gasteiger partial charge in [-0.15, -0.1) is 0 Å². The smallest absolute Gasteiger partial charge is 0.190 e. The highest BCUT2D eigenvalue weighted by atomic mass is 16.5. The standard InChI is InChI=1S/C11H24N2O/c1-9(2)8-11(6,7)12-13(14)10(3,4)5/h9H,8H2,1-7H3. The van der Waals surface area contributed by atoms with Gasteiger partial charge in [-0.2, -0.15) is 0 Å². The molecule has 0 fully saturated rings. The average molecular weight is 200 g/mol. The minimum absolute atomic E-state index is 0.261. The van der Waals surface area contributed by atoms with Gasteiger partial charge in [0, 0.05) is 20.8 Å². The molecular formula is C11H24N2O. The van der Waals surface area contributed by atoms with Gasteiger partial charge in [0.15, 0.2) is 5.54 Å². The largest absolute Gasteiger partial charge is 0.600 e. The summed E-state index contributed by atoms with van der Waals surface area (Å²) in [5.41, 5.74) is -0.697. The normalized spacial score (nSPS) is 15.0. The summed E-state index contributed by atoms with van der Waals surface area (Å²) in [4.78, 5) is 0.829. The van der Waals surface area contributed by atoms with E-state index in [1.165, 1.54) is 0 Å². The fourth-order valence-electron chi connectivity index (χ4n) is 1.44. The lowest BCUT2D eigenvalue weighted by Gasteiger charge is -2.23. The maximum atomic E-state index is 11.6. The maximum Gasteiger partial charge on any atom is 0.190 e. The number of azo groups is 1. The number of hydrogen-bond acceptors (Lipinski definition) is 2. The number of rotatable bonds is 3. The fraction of sp³-hybridized carbons (Fsp3) is 1.00. The van der Waals surface area contributed by atoms with Gasteiger partial charge < -0.3 is 5.21 Å². The van der Waals surface area contributed by atoms with E-state index >= 15 is 0 Å². The fourth-order valence-corrected chi connectivity index (χ4v) is 1.44. The van der Waals surface area contributed by atoms with E-state index in [0.29, 0.717) is 5.92 Å².